The van der Waals surface area contributed by atoms with E-state index in [2.05, 4.69) is 5.92 Å². The summed E-state index contributed by atoms with van der Waals surface area (Å²) in [6.45, 7) is 0.105. The molecule has 0 unspecified atom stereocenters. The number of hydrogen-bond donors (Lipinski definition) is 0. The van der Waals surface area contributed by atoms with E-state index in [1.807, 2.05) is 6.07 Å². The normalized spacial score (nSPS) is 11.5. The van der Waals surface area contributed by atoms with Crippen LogP contribution >= 0.6 is 23.2 Å². The maximum absolute atomic E-state index is 12.9. The first kappa shape index (κ1) is 17.5. The first-order valence-corrected chi connectivity index (χ1v) is 7.81. The Bertz CT molecular complexity index is 963. The molecule has 0 atom stereocenters. The van der Waals surface area contributed by atoms with Gasteiger partial charge in [0.2, 0.25) is 0 Å². The summed E-state index contributed by atoms with van der Waals surface area (Å²) in [6.07, 6.45) is 2.32. The highest BCUT2D eigenvalue weighted by atomic mass is 35.5. The highest BCUT2D eigenvalue weighted by Crippen LogP contribution is 2.39. The van der Waals surface area contributed by atoms with Gasteiger partial charge in [0.25, 0.3) is 0 Å². The van der Waals surface area contributed by atoms with Crippen LogP contribution in [-0.4, -0.2) is 11.2 Å². The van der Waals surface area contributed by atoms with Gasteiger partial charge in [-0.15, -0.1) is 6.42 Å². The van der Waals surface area contributed by atoms with Gasteiger partial charge in [-0.05, 0) is 30.3 Å². The minimum atomic E-state index is -4.53. The van der Waals surface area contributed by atoms with Gasteiger partial charge in [-0.25, -0.2) is 0 Å². The van der Waals surface area contributed by atoms with Crippen molar-refractivity contribution in [2.45, 2.75) is 6.18 Å². The summed E-state index contributed by atoms with van der Waals surface area (Å²) in [5, 5.41) is 0.639. The van der Waals surface area contributed by atoms with Crippen LogP contribution in [0.3, 0.4) is 0 Å². The molecule has 7 heteroatoms. The monoisotopic (exact) mass is 383 g/mol. The summed E-state index contributed by atoms with van der Waals surface area (Å²) in [7, 11) is 0. The highest BCUT2D eigenvalue weighted by Gasteiger charge is 2.32. The Labute approximate surface area is 151 Å². The molecule has 0 radical (unpaired) electrons. The average molecular weight is 384 g/mol. The molecule has 3 aromatic rings. The molecule has 2 nitrogen and oxygen atoms in total. The number of alkyl halides is 3. The molecule has 0 amide bonds. The second kappa shape index (κ2) is 6.55. The smallest absolute Gasteiger partial charge is 0.416 e. The fourth-order valence-electron chi connectivity index (χ4n) is 2.48. The number of halogens is 5. The van der Waals surface area contributed by atoms with Gasteiger partial charge in [0.1, 0.15) is 12.4 Å². The van der Waals surface area contributed by atoms with Gasteiger partial charge < -0.3 is 9.30 Å². The third kappa shape index (κ3) is 3.41. The number of aromatic nitrogens is 1. The van der Waals surface area contributed by atoms with Crippen molar-refractivity contribution in [3.05, 3.63) is 58.2 Å². The van der Waals surface area contributed by atoms with Crippen molar-refractivity contribution in [3.8, 4) is 23.8 Å². The first-order chi connectivity index (χ1) is 11.8. The van der Waals surface area contributed by atoms with E-state index in [9.17, 15) is 13.2 Å². The first-order valence-electron chi connectivity index (χ1n) is 7.05. The standard InChI is InChI=1S/C18H10Cl2F3NO/c1-2-7-25-13-4-3-11-5-6-24(16(11)10-13)17-14(19)8-12(9-15(17)20)18(21,22)23/h1,3-6,8-10H,7H2. The third-order valence-corrected chi connectivity index (χ3v) is 4.15. The van der Waals surface area contributed by atoms with E-state index in [4.69, 9.17) is 34.4 Å². The zero-order valence-corrected chi connectivity index (χ0v) is 14.1. The molecule has 3 rings (SSSR count). The molecule has 2 aromatic carbocycles. The Morgan fingerprint density at radius 2 is 1.76 bits per heavy atom. The molecule has 0 aliphatic heterocycles. The summed E-state index contributed by atoms with van der Waals surface area (Å²) in [4.78, 5) is 0. The quantitative estimate of drug-likeness (QED) is 0.508. The summed E-state index contributed by atoms with van der Waals surface area (Å²) in [5.41, 5.74) is 0.0410. The van der Waals surface area contributed by atoms with Crippen LogP contribution in [-0.2, 0) is 6.18 Å². The Hall–Kier alpha value is -2.29. The van der Waals surface area contributed by atoms with Crippen LogP contribution in [0.2, 0.25) is 10.0 Å². The van der Waals surface area contributed by atoms with Crippen molar-refractivity contribution in [3.63, 3.8) is 0 Å². The Morgan fingerprint density at radius 1 is 1.08 bits per heavy atom. The summed E-state index contributed by atoms with van der Waals surface area (Å²) in [5.74, 6) is 2.90. The maximum Gasteiger partial charge on any atom is 0.416 e. The second-order valence-electron chi connectivity index (χ2n) is 5.19. The van der Waals surface area contributed by atoms with Crippen molar-refractivity contribution in [2.24, 2.45) is 0 Å². The number of terminal acetylenes is 1. The van der Waals surface area contributed by atoms with Crippen molar-refractivity contribution in [1.82, 2.24) is 4.57 Å². The van der Waals surface area contributed by atoms with Crippen molar-refractivity contribution >= 4 is 34.1 Å². The fraction of sp³-hybridized carbons (Fsp3) is 0.111. The zero-order valence-electron chi connectivity index (χ0n) is 12.6. The van der Waals surface area contributed by atoms with Crippen LogP contribution in [0.5, 0.6) is 5.75 Å². The molecule has 0 aliphatic carbocycles. The highest BCUT2D eigenvalue weighted by molar-refractivity contribution is 6.38. The van der Waals surface area contributed by atoms with Gasteiger partial charge >= 0.3 is 6.18 Å². The zero-order chi connectivity index (χ0) is 18.2. The topological polar surface area (TPSA) is 14.2 Å². The van der Waals surface area contributed by atoms with E-state index in [1.165, 1.54) is 0 Å². The minimum absolute atomic E-state index is 0.104. The van der Waals surface area contributed by atoms with E-state index in [1.54, 1.807) is 29.0 Å². The summed E-state index contributed by atoms with van der Waals surface area (Å²) < 4.78 is 45.7. The van der Waals surface area contributed by atoms with Crippen molar-refractivity contribution < 1.29 is 17.9 Å². The number of fused-ring (bicyclic) bond motifs is 1. The number of hydrogen-bond acceptors (Lipinski definition) is 1. The van der Waals surface area contributed by atoms with E-state index in [0.717, 1.165) is 17.5 Å². The fourth-order valence-corrected chi connectivity index (χ4v) is 3.15. The number of rotatable bonds is 3. The molecule has 0 spiro atoms. The van der Waals surface area contributed by atoms with E-state index in [0.29, 0.717) is 11.3 Å². The molecule has 0 N–H and O–H groups in total. The van der Waals surface area contributed by atoms with Gasteiger partial charge in [-0.3, -0.25) is 0 Å². The molecule has 0 saturated heterocycles. The predicted molar refractivity (Wildman–Crippen MR) is 92.6 cm³/mol. The second-order valence-corrected chi connectivity index (χ2v) is 6.00. The molecule has 0 fully saturated rings. The Morgan fingerprint density at radius 3 is 2.36 bits per heavy atom. The van der Waals surface area contributed by atoms with Crippen LogP contribution < -0.4 is 4.74 Å². The molecule has 0 aliphatic rings. The largest absolute Gasteiger partial charge is 0.481 e. The number of nitrogens with zero attached hydrogens (tertiary/aromatic N) is 1. The lowest BCUT2D eigenvalue weighted by molar-refractivity contribution is -0.137. The Kier molecular flexibility index (Phi) is 4.59. The van der Waals surface area contributed by atoms with Crippen LogP contribution in [0.15, 0.2) is 42.6 Å². The number of ether oxygens (including phenoxy) is 1. The molecule has 1 heterocycles. The van der Waals surface area contributed by atoms with Gasteiger partial charge in [0, 0.05) is 17.6 Å². The van der Waals surface area contributed by atoms with Crippen LogP contribution in [0.25, 0.3) is 16.6 Å². The predicted octanol–water partition coefficient (Wildman–Crippen LogP) is 5.97. The van der Waals surface area contributed by atoms with Crippen molar-refractivity contribution in [2.75, 3.05) is 6.61 Å². The van der Waals surface area contributed by atoms with Crippen LogP contribution in [0.4, 0.5) is 13.2 Å². The van der Waals surface area contributed by atoms with Gasteiger partial charge in [-0.1, -0.05) is 29.1 Å². The molecule has 1 aromatic heterocycles. The minimum Gasteiger partial charge on any atom is -0.481 e. The van der Waals surface area contributed by atoms with E-state index >= 15 is 0 Å². The molecule has 25 heavy (non-hydrogen) atoms. The van der Waals surface area contributed by atoms with Crippen LogP contribution in [0, 0.1) is 12.3 Å². The lowest BCUT2D eigenvalue weighted by Gasteiger charge is -2.14. The average Bonchev–Trinajstić information content (AvgIpc) is 2.94. The van der Waals surface area contributed by atoms with Crippen molar-refractivity contribution in [1.29, 1.82) is 0 Å². The van der Waals surface area contributed by atoms with Crippen LogP contribution in [0.1, 0.15) is 5.56 Å². The Balaban J connectivity index is 2.15. The van der Waals surface area contributed by atoms with Gasteiger partial charge in [-0.2, -0.15) is 13.2 Å². The molecular weight excluding hydrogens is 374 g/mol. The third-order valence-electron chi connectivity index (χ3n) is 3.57. The maximum atomic E-state index is 12.9. The molecule has 0 bridgehead atoms. The molecule has 0 saturated carbocycles. The molecular formula is C18H10Cl2F3NO. The van der Waals surface area contributed by atoms with Gasteiger partial charge in [0.15, 0.2) is 0 Å². The number of benzene rings is 2. The van der Waals surface area contributed by atoms with Gasteiger partial charge in [0.05, 0.1) is 26.8 Å². The molecule has 128 valence electrons. The lowest BCUT2D eigenvalue weighted by Crippen LogP contribution is -2.06. The SMILES string of the molecule is C#CCOc1ccc2ccn(-c3c(Cl)cc(C(F)(F)F)cc3Cl)c2c1. The van der Waals surface area contributed by atoms with E-state index in [-0.39, 0.29) is 22.3 Å². The lowest BCUT2D eigenvalue weighted by atomic mass is 10.2. The summed E-state index contributed by atoms with van der Waals surface area (Å²) >= 11 is 12.2. The summed E-state index contributed by atoms with van der Waals surface area (Å²) in [6, 6.07) is 8.78. The van der Waals surface area contributed by atoms with E-state index < -0.39 is 11.7 Å².